The van der Waals surface area contributed by atoms with Crippen LogP contribution < -0.4 is 5.32 Å². The Morgan fingerprint density at radius 2 is 2.18 bits per heavy atom. The lowest BCUT2D eigenvalue weighted by Gasteiger charge is -2.24. The van der Waals surface area contributed by atoms with Crippen molar-refractivity contribution in [3.05, 3.63) is 17.0 Å². The highest BCUT2D eigenvalue weighted by Crippen LogP contribution is 2.25. The average molecular weight is 276 g/mol. The predicted molar refractivity (Wildman–Crippen MR) is 66.7 cm³/mol. The lowest BCUT2D eigenvalue weighted by Crippen LogP contribution is -2.43. The molecule has 0 spiro atoms. The Morgan fingerprint density at radius 1 is 1.47 bits per heavy atom. The SMILES string of the molecule is Cc1ccc(S(=O)(=O)N(C)[C@H]2CNC[C@@H]2O)s1. The molecule has 7 heteroatoms. The summed E-state index contributed by atoms with van der Waals surface area (Å²) in [5.41, 5.74) is 0. The van der Waals surface area contributed by atoms with Gasteiger partial charge in [0, 0.05) is 25.0 Å². The molecule has 0 unspecified atom stereocenters. The molecule has 0 aromatic carbocycles. The Kier molecular flexibility index (Phi) is 3.55. The third kappa shape index (κ3) is 2.38. The van der Waals surface area contributed by atoms with Gasteiger partial charge in [0.15, 0.2) is 0 Å². The zero-order valence-electron chi connectivity index (χ0n) is 9.75. The number of likely N-dealkylation sites (N-methyl/N-ethyl adjacent to an activating group) is 1. The van der Waals surface area contributed by atoms with Crippen LogP contribution in [0.4, 0.5) is 0 Å². The summed E-state index contributed by atoms with van der Waals surface area (Å²) in [6.07, 6.45) is -0.643. The van der Waals surface area contributed by atoms with Crippen molar-refractivity contribution in [2.45, 2.75) is 23.3 Å². The molecule has 1 aromatic rings. The number of aliphatic hydroxyl groups excluding tert-OH is 1. The molecule has 0 aliphatic carbocycles. The highest BCUT2D eigenvalue weighted by atomic mass is 32.2. The average Bonchev–Trinajstić information content (AvgIpc) is 2.86. The molecule has 2 heterocycles. The van der Waals surface area contributed by atoms with Crippen molar-refractivity contribution in [3.63, 3.8) is 0 Å². The van der Waals surface area contributed by atoms with Gasteiger partial charge in [-0.25, -0.2) is 8.42 Å². The smallest absolute Gasteiger partial charge is 0.252 e. The van der Waals surface area contributed by atoms with Gasteiger partial charge in [0.25, 0.3) is 10.0 Å². The maximum Gasteiger partial charge on any atom is 0.252 e. The van der Waals surface area contributed by atoms with E-state index >= 15 is 0 Å². The number of hydrogen-bond acceptors (Lipinski definition) is 5. The highest BCUT2D eigenvalue weighted by Gasteiger charge is 2.36. The van der Waals surface area contributed by atoms with Crippen LogP contribution in [0.2, 0.25) is 0 Å². The van der Waals surface area contributed by atoms with E-state index in [0.29, 0.717) is 17.3 Å². The fourth-order valence-electron chi connectivity index (χ4n) is 1.89. The van der Waals surface area contributed by atoms with E-state index in [2.05, 4.69) is 5.32 Å². The number of sulfonamides is 1. The number of hydrogen-bond donors (Lipinski definition) is 2. The van der Waals surface area contributed by atoms with Crippen LogP contribution >= 0.6 is 11.3 Å². The number of rotatable bonds is 3. The molecule has 0 amide bonds. The minimum Gasteiger partial charge on any atom is -0.390 e. The summed E-state index contributed by atoms with van der Waals surface area (Å²) in [5.74, 6) is 0. The van der Waals surface area contributed by atoms with E-state index < -0.39 is 16.1 Å². The number of aliphatic hydroxyl groups is 1. The minimum atomic E-state index is -3.48. The van der Waals surface area contributed by atoms with E-state index in [1.807, 2.05) is 6.92 Å². The molecule has 1 aliphatic heterocycles. The van der Waals surface area contributed by atoms with Gasteiger partial charge in [-0.05, 0) is 19.1 Å². The second-order valence-corrected chi connectivity index (χ2v) is 7.69. The number of β-amino-alcohol motifs (C(OH)–C–C–N with tert-alkyl or cyclic N) is 1. The summed E-state index contributed by atoms with van der Waals surface area (Å²) in [6.45, 7) is 2.80. The van der Waals surface area contributed by atoms with Crippen molar-refractivity contribution in [2.24, 2.45) is 0 Å². The second-order valence-electron chi connectivity index (χ2n) is 4.18. The molecule has 17 heavy (non-hydrogen) atoms. The molecule has 1 saturated heterocycles. The highest BCUT2D eigenvalue weighted by molar-refractivity contribution is 7.91. The quantitative estimate of drug-likeness (QED) is 0.816. The van der Waals surface area contributed by atoms with Gasteiger partial charge in [-0.15, -0.1) is 11.3 Å². The Balaban J connectivity index is 2.26. The molecule has 2 atom stereocenters. The molecule has 0 radical (unpaired) electrons. The molecule has 2 rings (SSSR count). The lowest BCUT2D eigenvalue weighted by molar-refractivity contribution is 0.136. The Morgan fingerprint density at radius 3 is 2.65 bits per heavy atom. The fraction of sp³-hybridized carbons (Fsp3) is 0.600. The molecule has 96 valence electrons. The first kappa shape index (κ1) is 13.0. The van der Waals surface area contributed by atoms with Gasteiger partial charge in [-0.3, -0.25) is 0 Å². The molecule has 0 bridgehead atoms. The van der Waals surface area contributed by atoms with E-state index in [0.717, 1.165) is 4.88 Å². The van der Waals surface area contributed by atoms with Gasteiger partial charge in [0.05, 0.1) is 12.1 Å². The molecule has 0 saturated carbocycles. The fourth-order valence-corrected chi connectivity index (χ4v) is 4.75. The van der Waals surface area contributed by atoms with Crippen molar-refractivity contribution in [3.8, 4) is 0 Å². The maximum atomic E-state index is 12.3. The van der Waals surface area contributed by atoms with Crippen molar-refractivity contribution >= 4 is 21.4 Å². The summed E-state index contributed by atoms with van der Waals surface area (Å²) >= 11 is 1.25. The molecule has 5 nitrogen and oxygen atoms in total. The standard InChI is InChI=1S/C10H16N2O3S2/c1-7-3-4-10(16-7)17(14,15)12(2)8-5-11-6-9(8)13/h3-4,8-9,11,13H,5-6H2,1-2H3/t8-,9-/m0/s1. The summed E-state index contributed by atoms with van der Waals surface area (Å²) in [6, 6.07) is 3.01. The number of nitrogens with one attached hydrogen (secondary N) is 1. The number of thiophene rings is 1. The topological polar surface area (TPSA) is 69.6 Å². The van der Waals surface area contributed by atoms with Gasteiger partial charge in [-0.1, -0.05) is 0 Å². The van der Waals surface area contributed by atoms with Crippen LogP contribution in [0.1, 0.15) is 4.88 Å². The van der Waals surface area contributed by atoms with Crippen molar-refractivity contribution in [1.29, 1.82) is 0 Å². The van der Waals surface area contributed by atoms with Crippen LogP contribution in [0, 0.1) is 6.92 Å². The summed E-state index contributed by atoms with van der Waals surface area (Å²) < 4.78 is 26.1. The Hall–Kier alpha value is -0.470. The number of aryl methyl sites for hydroxylation is 1. The van der Waals surface area contributed by atoms with Crippen LogP contribution in [-0.2, 0) is 10.0 Å². The van der Waals surface area contributed by atoms with Crippen LogP contribution in [0.15, 0.2) is 16.3 Å². The van der Waals surface area contributed by atoms with Crippen molar-refractivity contribution in [1.82, 2.24) is 9.62 Å². The second kappa shape index (κ2) is 4.66. The molecule has 1 aliphatic rings. The minimum absolute atomic E-state index is 0.330. The molecule has 1 fully saturated rings. The van der Waals surface area contributed by atoms with Gasteiger partial charge in [0.1, 0.15) is 4.21 Å². The summed E-state index contributed by atoms with van der Waals surface area (Å²) in [5, 5.41) is 12.7. The Bertz CT molecular complexity index is 497. The Labute approximate surface area is 105 Å². The first-order valence-electron chi connectivity index (χ1n) is 5.36. The zero-order valence-corrected chi connectivity index (χ0v) is 11.4. The zero-order chi connectivity index (χ0) is 12.6. The third-order valence-corrected chi connectivity index (χ3v) is 6.32. The maximum absolute atomic E-state index is 12.3. The third-order valence-electron chi connectivity index (χ3n) is 2.97. The van der Waals surface area contributed by atoms with E-state index in [9.17, 15) is 13.5 Å². The van der Waals surface area contributed by atoms with Gasteiger partial charge >= 0.3 is 0 Å². The van der Waals surface area contributed by atoms with Crippen molar-refractivity contribution < 1.29 is 13.5 Å². The first-order valence-corrected chi connectivity index (χ1v) is 7.62. The van der Waals surface area contributed by atoms with E-state index in [-0.39, 0.29) is 6.04 Å². The van der Waals surface area contributed by atoms with E-state index in [1.54, 1.807) is 12.1 Å². The normalized spacial score (nSPS) is 25.6. The van der Waals surface area contributed by atoms with E-state index in [1.165, 1.54) is 22.7 Å². The molecule has 2 N–H and O–H groups in total. The van der Waals surface area contributed by atoms with Crippen LogP contribution in [0.25, 0.3) is 0 Å². The molecular weight excluding hydrogens is 260 g/mol. The van der Waals surface area contributed by atoms with E-state index in [4.69, 9.17) is 0 Å². The van der Waals surface area contributed by atoms with Crippen LogP contribution in [0.5, 0.6) is 0 Å². The largest absolute Gasteiger partial charge is 0.390 e. The number of nitrogens with zero attached hydrogens (tertiary/aromatic N) is 1. The van der Waals surface area contributed by atoms with Crippen LogP contribution in [0.3, 0.4) is 0 Å². The molecule has 1 aromatic heterocycles. The van der Waals surface area contributed by atoms with Gasteiger partial charge in [-0.2, -0.15) is 4.31 Å². The van der Waals surface area contributed by atoms with Gasteiger partial charge in [0.2, 0.25) is 0 Å². The summed E-state index contributed by atoms with van der Waals surface area (Å²) in [4.78, 5) is 0.960. The monoisotopic (exact) mass is 276 g/mol. The van der Waals surface area contributed by atoms with Gasteiger partial charge < -0.3 is 10.4 Å². The summed E-state index contributed by atoms with van der Waals surface area (Å²) in [7, 11) is -1.96. The van der Waals surface area contributed by atoms with Crippen molar-refractivity contribution in [2.75, 3.05) is 20.1 Å². The first-order chi connectivity index (χ1) is 7.93. The van der Waals surface area contributed by atoms with Crippen LogP contribution in [-0.4, -0.2) is 50.1 Å². The predicted octanol–water partition coefficient (Wildman–Crippen LogP) is 0.00972. The molecular formula is C10H16N2O3S2. The lowest BCUT2D eigenvalue weighted by atomic mass is 10.2.